The van der Waals surface area contributed by atoms with Crippen LogP contribution < -0.4 is 10.2 Å². The van der Waals surface area contributed by atoms with Crippen molar-refractivity contribution in [3.63, 3.8) is 0 Å². The molecule has 2 aliphatic heterocycles. The van der Waals surface area contributed by atoms with Crippen molar-refractivity contribution in [3.8, 4) is 0 Å². The number of rotatable bonds is 1. The maximum Gasteiger partial charge on any atom is 0.433 e. The van der Waals surface area contributed by atoms with E-state index in [0.717, 1.165) is 6.07 Å². The van der Waals surface area contributed by atoms with Crippen molar-refractivity contribution in [2.45, 2.75) is 18.2 Å². The number of nitrogens with one attached hydrogen (secondary N) is 1. The molecule has 3 heterocycles. The van der Waals surface area contributed by atoms with E-state index in [1.807, 2.05) is 0 Å². The monoisotopic (exact) mass is 301 g/mol. The molecule has 114 valence electrons. The van der Waals surface area contributed by atoms with Gasteiger partial charge in [-0.1, -0.05) is 6.07 Å². The minimum Gasteiger partial charge on any atom is -0.361 e. The third-order valence-corrected chi connectivity index (χ3v) is 3.78. The van der Waals surface area contributed by atoms with Crippen LogP contribution in [0, 0.1) is 0 Å². The Morgan fingerprint density at radius 2 is 2.19 bits per heavy atom. The second kappa shape index (κ2) is 4.87. The Kier molecular flexibility index (Phi) is 3.27. The molecule has 21 heavy (non-hydrogen) atoms. The molecule has 1 atom stereocenters. The molecule has 0 radical (unpaired) electrons. The number of carbonyl (C=O) groups is 1. The molecule has 3 rings (SSSR count). The highest BCUT2D eigenvalue weighted by molar-refractivity contribution is 5.78. The number of carbonyl (C=O) groups excluding carboxylic acids is 1. The number of alkyl halides is 3. The predicted octanol–water partition coefficient (Wildman–Crippen LogP) is 1.20. The largest absolute Gasteiger partial charge is 0.433 e. The zero-order valence-corrected chi connectivity index (χ0v) is 11.1. The SMILES string of the molecule is O=C1COC2(CCN(c3cccc(C(F)(F)F)n3)C2)CN1. The molecular weight excluding hydrogens is 287 g/mol. The van der Waals surface area contributed by atoms with Gasteiger partial charge in [-0.2, -0.15) is 13.2 Å². The highest BCUT2D eigenvalue weighted by Crippen LogP contribution is 2.32. The highest BCUT2D eigenvalue weighted by atomic mass is 19.4. The van der Waals surface area contributed by atoms with Gasteiger partial charge in [0.2, 0.25) is 5.91 Å². The van der Waals surface area contributed by atoms with Gasteiger partial charge < -0.3 is 15.0 Å². The van der Waals surface area contributed by atoms with Crippen LogP contribution >= 0.6 is 0 Å². The van der Waals surface area contributed by atoms with E-state index in [2.05, 4.69) is 10.3 Å². The lowest BCUT2D eigenvalue weighted by Crippen LogP contribution is -2.53. The van der Waals surface area contributed by atoms with Crippen molar-refractivity contribution in [2.24, 2.45) is 0 Å². The number of anilines is 1. The quantitative estimate of drug-likeness (QED) is 0.847. The summed E-state index contributed by atoms with van der Waals surface area (Å²) in [7, 11) is 0. The van der Waals surface area contributed by atoms with E-state index in [1.165, 1.54) is 6.07 Å². The molecule has 1 N–H and O–H groups in total. The van der Waals surface area contributed by atoms with E-state index >= 15 is 0 Å². The first kappa shape index (κ1) is 14.1. The average Bonchev–Trinajstić information content (AvgIpc) is 2.86. The van der Waals surface area contributed by atoms with E-state index in [4.69, 9.17) is 4.74 Å². The predicted molar refractivity (Wildman–Crippen MR) is 67.8 cm³/mol. The molecule has 0 aromatic carbocycles. The van der Waals surface area contributed by atoms with Crippen molar-refractivity contribution in [2.75, 3.05) is 31.1 Å². The molecule has 2 fully saturated rings. The summed E-state index contributed by atoms with van der Waals surface area (Å²) in [5.41, 5.74) is -1.43. The second-order valence-electron chi connectivity index (χ2n) is 5.30. The van der Waals surface area contributed by atoms with Gasteiger partial charge in [0, 0.05) is 13.1 Å². The van der Waals surface area contributed by atoms with Gasteiger partial charge in [-0.05, 0) is 18.6 Å². The average molecular weight is 301 g/mol. The van der Waals surface area contributed by atoms with Crippen LogP contribution in [-0.4, -0.2) is 42.7 Å². The fourth-order valence-electron chi connectivity index (χ4n) is 2.64. The van der Waals surface area contributed by atoms with Gasteiger partial charge >= 0.3 is 6.18 Å². The number of pyridine rings is 1. The van der Waals surface area contributed by atoms with E-state index in [0.29, 0.717) is 26.1 Å². The lowest BCUT2D eigenvalue weighted by Gasteiger charge is -2.33. The van der Waals surface area contributed by atoms with Crippen LogP contribution in [0.1, 0.15) is 12.1 Å². The van der Waals surface area contributed by atoms with Gasteiger partial charge in [-0.25, -0.2) is 4.98 Å². The summed E-state index contributed by atoms with van der Waals surface area (Å²) >= 11 is 0. The molecule has 1 aromatic heterocycles. The Balaban J connectivity index is 1.76. The molecule has 1 aromatic rings. The van der Waals surface area contributed by atoms with Crippen LogP contribution in [0.15, 0.2) is 18.2 Å². The molecule has 0 bridgehead atoms. The van der Waals surface area contributed by atoms with Crippen molar-refractivity contribution in [3.05, 3.63) is 23.9 Å². The van der Waals surface area contributed by atoms with E-state index in [1.54, 1.807) is 11.0 Å². The molecule has 5 nitrogen and oxygen atoms in total. The zero-order chi connectivity index (χ0) is 15.1. The molecule has 8 heteroatoms. The van der Waals surface area contributed by atoms with Crippen LogP contribution in [0.4, 0.5) is 19.0 Å². The summed E-state index contributed by atoms with van der Waals surface area (Å²) in [4.78, 5) is 16.6. The van der Waals surface area contributed by atoms with Gasteiger partial charge in [-0.15, -0.1) is 0 Å². The second-order valence-corrected chi connectivity index (χ2v) is 5.30. The molecule has 0 saturated carbocycles. The summed E-state index contributed by atoms with van der Waals surface area (Å²) < 4.78 is 43.7. The van der Waals surface area contributed by atoms with Gasteiger partial charge in [0.1, 0.15) is 23.7 Å². The first-order valence-corrected chi connectivity index (χ1v) is 6.58. The smallest absolute Gasteiger partial charge is 0.361 e. The van der Waals surface area contributed by atoms with Crippen LogP contribution in [-0.2, 0) is 15.7 Å². The number of ether oxygens (including phenoxy) is 1. The summed E-state index contributed by atoms with van der Waals surface area (Å²) in [6.45, 7) is 1.33. The van der Waals surface area contributed by atoms with Crippen molar-refractivity contribution >= 4 is 11.7 Å². The fourth-order valence-corrected chi connectivity index (χ4v) is 2.64. The summed E-state index contributed by atoms with van der Waals surface area (Å²) in [5.74, 6) is 0.110. The summed E-state index contributed by atoms with van der Waals surface area (Å²) in [6, 6.07) is 3.85. The molecule has 1 unspecified atom stereocenters. The molecule has 2 aliphatic rings. The Hall–Kier alpha value is -1.83. The number of nitrogens with zero attached hydrogens (tertiary/aromatic N) is 2. The molecule has 2 saturated heterocycles. The lowest BCUT2D eigenvalue weighted by molar-refractivity contribution is -0.142. The Morgan fingerprint density at radius 3 is 2.86 bits per heavy atom. The van der Waals surface area contributed by atoms with Gasteiger partial charge in [0.25, 0.3) is 0 Å². The minimum absolute atomic E-state index is 0.0101. The van der Waals surface area contributed by atoms with Crippen molar-refractivity contribution in [1.29, 1.82) is 0 Å². The Labute approximate surface area is 119 Å². The fraction of sp³-hybridized carbons (Fsp3) is 0.538. The summed E-state index contributed by atoms with van der Waals surface area (Å²) in [6.07, 6.45) is -3.81. The van der Waals surface area contributed by atoms with E-state index in [9.17, 15) is 18.0 Å². The molecule has 1 amide bonds. The Morgan fingerprint density at radius 1 is 1.38 bits per heavy atom. The summed E-state index contributed by atoms with van der Waals surface area (Å²) in [5, 5.41) is 2.73. The number of amides is 1. The number of halogens is 3. The third kappa shape index (κ3) is 2.80. The molecular formula is C13H14F3N3O2. The third-order valence-electron chi connectivity index (χ3n) is 3.78. The van der Waals surface area contributed by atoms with Crippen LogP contribution in [0.5, 0.6) is 0 Å². The van der Waals surface area contributed by atoms with Crippen molar-refractivity contribution < 1.29 is 22.7 Å². The van der Waals surface area contributed by atoms with E-state index in [-0.39, 0.29) is 18.3 Å². The topological polar surface area (TPSA) is 54.5 Å². The number of morpholine rings is 1. The molecule has 1 spiro atoms. The maximum atomic E-state index is 12.7. The van der Waals surface area contributed by atoms with Crippen LogP contribution in [0.2, 0.25) is 0 Å². The van der Waals surface area contributed by atoms with E-state index < -0.39 is 17.5 Å². The standard InChI is InChI=1S/C13H14F3N3O2/c14-13(15,16)9-2-1-3-10(18-9)19-5-4-12(8-19)7-17-11(20)6-21-12/h1-3H,4-8H2,(H,17,20). The lowest BCUT2D eigenvalue weighted by atomic mass is 10.0. The number of hydrogen-bond acceptors (Lipinski definition) is 4. The first-order chi connectivity index (χ1) is 9.88. The first-order valence-electron chi connectivity index (χ1n) is 6.58. The minimum atomic E-state index is -4.46. The zero-order valence-electron chi connectivity index (χ0n) is 11.1. The molecule has 0 aliphatic carbocycles. The van der Waals surface area contributed by atoms with Gasteiger partial charge in [0.05, 0.1) is 6.54 Å². The van der Waals surface area contributed by atoms with Crippen molar-refractivity contribution in [1.82, 2.24) is 10.3 Å². The van der Waals surface area contributed by atoms with Gasteiger partial charge in [-0.3, -0.25) is 4.79 Å². The van der Waals surface area contributed by atoms with Crippen LogP contribution in [0.3, 0.4) is 0 Å². The number of hydrogen-bond donors (Lipinski definition) is 1. The van der Waals surface area contributed by atoms with Gasteiger partial charge in [0.15, 0.2) is 0 Å². The normalized spacial score (nSPS) is 26.2. The number of aromatic nitrogens is 1. The maximum absolute atomic E-state index is 12.7. The van der Waals surface area contributed by atoms with Crippen LogP contribution in [0.25, 0.3) is 0 Å². The Bertz CT molecular complexity index is 552. The highest BCUT2D eigenvalue weighted by Gasteiger charge is 2.43.